The van der Waals surface area contributed by atoms with Crippen molar-refractivity contribution >= 4 is 9.52 Å². The maximum absolute atomic E-state index is 2.26. The monoisotopic (exact) mass is 417 g/mol. The molecule has 0 amide bonds. The van der Waals surface area contributed by atoms with E-state index in [9.17, 15) is 0 Å². The molecule has 2 aliphatic carbocycles. The first kappa shape index (κ1) is 26.0. The molecule has 1 radical (unpaired) electrons. The number of hydrogen-bond acceptors (Lipinski definition) is 0. The number of aryl methyl sites for hydroxylation is 4. The van der Waals surface area contributed by atoms with Gasteiger partial charge in [-0.1, -0.05) is 64.5 Å². The summed E-state index contributed by atoms with van der Waals surface area (Å²) in [6.45, 7) is 4.42. The van der Waals surface area contributed by atoms with Gasteiger partial charge in [0.1, 0.15) is 0 Å². The smallest absolute Gasteiger partial charge is 0.358 e. The van der Waals surface area contributed by atoms with Crippen molar-refractivity contribution in [2.45, 2.75) is 64.5 Å². The third-order valence-corrected chi connectivity index (χ3v) is 4.30. The van der Waals surface area contributed by atoms with Crippen LogP contribution in [0.2, 0.25) is 13.1 Å². The van der Waals surface area contributed by atoms with E-state index in [0.717, 1.165) is 9.52 Å². The van der Waals surface area contributed by atoms with Gasteiger partial charge in [0.25, 0.3) is 0 Å². The van der Waals surface area contributed by atoms with E-state index in [1.807, 2.05) is 0 Å². The fraction of sp³-hybridized carbons (Fsp3) is 0.455. The Balaban J connectivity index is 0. The Kier molecular flexibility index (Phi) is 16.4. The minimum absolute atomic E-state index is 0. The predicted molar refractivity (Wildman–Crippen MR) is 109 cm³/mol. The molecule has 0 unspecified atom stereocenters. The fourth-order valence-electron chi connectivity index (χ4n) is 3.23. The molecule has 0 bridgehead atoms. The van der Waals surface area contributed by atoms with E-state index in [1.165, 1.54) is 51.4 Å². The molecule has 0 saturated carbocycles. The van der Waals surface area contributed by atoms with Crippen LogP contribution in [0, 0.1) is 14.9 Å². The van der Waals surface area contributed by atoms with Crippen LogP contribution in [0.25, 0.3) is 0 Å². The standard InChI is InChI=1S/2C9H11.C2H7Si.2CH3.Zr/c2*1-2-5-9-7-3-6-8(9)4-1;1-3-2;;;/h2*3,6-7H,1-2,4-5H2;3H,1-2H3;2*1H3;/q2*-1;;2*-1;+4. The summed E-state index contributed by atoms with van der Waals surface area (Å²) in [4.78, 5) is 0. The zero-order valence-corrected chi connectivity index (χ0v) is 19.8. The summed E-state index contributed by atoms with van der Waals surface area (Å²) in [7, 11) is 0.750. The molecule has 2 aromatic carbocycles. The number of hydrogen-bond donors (Lipinski definition) is 0. The van der Waals surface area contributed by atoms with Crippen molar-refractivity contribution < 1.29 is 26.2 Å². The molecular formula is C22H35SiZr. The Hall–Kier alpha value is -0.200. The predicted octanol–water partition coefficient (Wildman–Crippen LogP) is 5.99. The Morgan fingerprint density at radius 2 is 1.04 bits per heavy atom. The second-order valence-corrected chi connectivity index (χ2v) is 7.30. The molecule has 0 spiro atoms. The Bertz CT molecular complexity index is 422. The van der Waals surface area contributed by atoms with E-state index >= 15 is 0 Å². The molecule has 2 aliphatic rings. The summed E-state index contributed by atoms with van der Waals surface area (Å²) in [5.41, 5.74) is 6.39. The number of fused-ring (bicyclic) bond motifs is 2. The van der Waals surface area contributed by atoms with Crippen LogP contribution in [0.5, 0.6) is 0 Å². The second kappa shape index (κ2) is 15.1. The minimum Gasteiger partial charge on any atom is -0.358 e. The van der Waals surface area contributed by atoms with Crippen LogP contribution in [0.3, 0.4) is 0 Å². The van der Waals surface area contributed by atoms with Gasteiger partial charge in [0, 0.05) is 9.52 Å². The molecule has 2 heteroatoms. The summed E-state index contributed by atoms with van der Waals surface area (Å²) in [6.07, 6.45) is 10.9. The van der Waals surface area contributed by atoms with Gasteiger partial charge in [-0.25, -0.2) is 12.1 Å². The van der Waals surface area contributed by atoms with Crippen LogP contribution in [-0.2, 0) is 51.9 Å². The van der Waals surface area contributed by atoms with Crippen LogP contribution in [-0.4, -0.2) is 9.52 Å². The van der Waals surface area contributed by atoms with Crippen molar-refractivity contribution in [2.24, 2.45) is 0 Å². The molecule has 0 heterocycles. The molecule has 2 aromatic rings. The molecule has 0 aliphatic heterocycles. The van der Waals surface area contributed by atoms with E-state index in [1.54, 1.807) is 22.3 Å². The van der Waals surface area contributed by atoms with Gasteiger partial charge in [0.2, 0.25) is 0 Å². The van der Waals surface area contributed by atoms with Gasteiger partial charge in [-0.15, -0.1) is 0 Å². The van der Waals surface area contributed by atoms with Crippen LogP contribution >= 0.6 is 0 Å². The van der Waals surface area contributed by atoms with Crippen LogP contribution in [0.15, 0.2) is 36.4 Å². The normalized spacial score (nSPS) is 13.8. The first-order valence-corrected chi connectivity index (χ1v) is 10.9. The van der Waals surface area contributed by atoms with E-state index < -0.39 is 0 Å². The van der Waals surface area contributed by atoms with Crippen molar-refractivity contribution in [1.29, 1.82) is 0 Å². The van der Waals surface area contributed by atoms with E-state index in [0.29, 0.717) is 0 Å². The summed E-state index contributed by atoms with van der Waals surface area (Å²) in [5.74, 6) is 0. The summed E-state index contributed by atoms with van der Waals surface area (Å²) < 4.78 is 0. The molecule has 131 valence electrons. The Labute approximate surface area is 173 Å². The first-order valence-electron chi connectivity index (χ1n) is 8.56. The maximum Gasteiger partial charge on any atom is 4.00 e. The third-order valence-electron chi connectivity index (χ3n) is 4.30. The quantitative estimate of drug-likeness (QED) is 0.364. The molecule has 24 heavy (non-hydrogen) atoms. The molecule has 0 saturated heterocycles. The van der Waals surface area contributed by atoms with Crippen molar-refractivity contribution in [1.82, 2.24) is 0 Å². The van der Waals surface area contributed by atoms with Crippen molar-refractivity contribution in [3.05, 3.63) is 73.5 Å². The van der Waals surface area contributed by atoms with E-state index in [-0.39, 0.29) is 41.1 Å². The first-order chi connectivity index (χ1) is 10.3. The van der Waals surface area contributed by atoms with E-state index in [4.69, 9.17) is 0 Å². The van der Waals surface area contributed by atoms with Gasteiger partial charge in [-0.2, -0.15) is 46.5 Å². The molecule has 0 atom stereocenters. The van der Waals surface area contributed by atoms with Crippen LogP contribution < -0.4 is 0 Å². The van der Waals surface area contributed by atoms with E-state index in [2.05, 4.69) is 49.5 Å². The molecule has 4 rings (SSSR count). The van der Waals surface area contributed by atoms with Gasteiger partial charge in [-0.05, 0) is 0 Å². The SMILES string of the molecule is C[SiH]C.[CH3-].[CH3-].[Zr+4].c1cc2c([cH-]1)CCCC2.c1cc2c([cH-]1)CCCC2. The maximum atomic E-state index is 2.26. The molecule has 0 fully saturated rings. The van der Waals surface area contributed by atoms with Crippen molar-refractivity contribution in [3.63, 3.8) is 0 Å². The van der Waals surface area contributed by atoms with Gasteiger partial charge < -0.3 is 14.9 Å². The molecule has 0 aromatic heterocycles. The van der Waals surface area contributed by atoms with Gasteiger partial charge in [0.15, 0.2) is 0 Å². The molecule has 0 N–H and O–H groups in total. The van der Waals surface area contributed by atoms with Gasteiger partial charge in [-0.3, -0.25) is 0 Å². The van der Waals surface area contributed by atoms with Crippen molar-refractivity contribution in [2.75, 3.05) is 0 Å². The molecular weight excluding hydrogens is 384 g/mol. The molecule has 0 nitrogen and oxygen atoms in total. The third kappa shape index (κ3) is 8.26. The number of rotatable bonds is 0. The van der Waals surface area contributed by atoms with Gasteiger partial charge >= 0.3 is 26.2 Å². The van der Waals surface area contributed by atoms with Gasteiger partial charge in [0.05, 0.1) is 0 Å². The Morgan fingerprint density at radius 3 is 1.38 bits per heavy atom. The zero-order chi connectivity index (χ0) is 14.9. The fourth-order valence-corrected chi connectivity index (χ4v) is 3.23. The summed E-state index contributed by atoms with van der Waals surface area (Å²) in [6, 6.07) is 13.4. The van der Waals surface area contributed by atoms with Crippen LogP contribution in [0.1, 0.15) is 47.9 Å². The topological polar surface area (TPSA) is 0 Å². The largest absolute Gasteiger partial charge is 4.00 e. The minimum atomic E-state index is 0. The summed E-state index contributed by atoms with van der Waals surface area (Å²) in [5, 5.41) is 0. The average Bonchev–Trinajstić information content (AvgIpc) is 3.17. The zero-order valence-electron chi connectivity index (χ0n) is 16.2. The average molecular weight is 419 g/mol. The van der Waals surface area contributed by atoms with Crippen LogP contribution in [0.4, 0.5) is 0 Å². The Morgan fingerprint density at radius 1 is 0.708 bits per heavy atom. The second-order valence-electron chi connectivity index (χ2n) is 6.14. The summed E-state index contributed by atoms with van der Waals surface area (Å²) >= 11 is 0. The van der Waals surface area contributed by atoms with Crippen molar-refractivity contribution in [3.8, 4) is 0 Å².